The summed E-state index contributed by atoms with van der Waals surface area (Å²) in [6.07, 6.45) is 0.689. The van der Waals surface area contributed by atoms with Crippen molar-refractivity contribution in [3.05, 3.63) is 34.9 Å². The highest BCUT2D eigenvalue weighted by Crippen LogP contribution is 2.23. The summed E-state index contributed by atoms with van der Waals surface area (Å²) in [7, 11) is 0. The van der Waals surface area contributed by atoms with Gasteiger partial charge in [-0.3, -0.25) is 9.69 Å². The van der Waals surface area contributed by atoms with Crippen molar-refractivity contribution >= 4 is 17.5 Å². The molecule has 134 valence electrons. The largest absolute Gasteiger partial charge is 0.379 e. The van der Waals surface area contributed by atoms with Gasteiger partial charge in [0.1, 0.15) is 0 Å². The van der Waals surface area contributed by atoms with Gasteiger partial charge in [-0.15, -0.1) is 0 Å². The van der Waals surface area contributed by atoms with Gasteiger partial charge in [0.05, 0.1) is 25.3 Å². The molecule has 1 aliphatic heterocycles. The number of rotatable bonds is 7. The van der Waals surface area contributed by atoms with Crippen molar-refractivity contribution in [3.8, 4) is 0 Å². The zero-order chi connectivity index (χ0) is 17.5. The van der Waals surface area contributed by atoms with Gasteiger partial charge in [-0.05, 0) is 30.0 Å². The fourth-order valence-electron chi connectivity index (χ4n) is 2.98. The summed E-state index contributed by atoms with van der Waals surface area (Å²) in [5.74, 6) is 0.313. The molecule has 0 saturated carbocycles. The number of morpholine rings is 1. The molecule has 5 nitrogen and oxygen atoms in total. The Morgan fingerprint density at radius 2 is 1.92 bits per heavy atom. The molecule has 2 atom stereocenters. The van der Waals surface area contributed by atoms with Crippen molar-refractivity contribution in [3.63, 3.8) is 0 Å². The van der Waals surface area contributed by atoms with Crippen LogP contribution in [0.4, 0.5) is 0 Å². The summed E-state index contributed by atoms with van der Waals surface area (Å²) in [6.45, 7) is 7.79. The van der Waals surface area contributed by atoms with E-state index in [0.717, 1.165) is 18.7 Å². The molecule has 1 unspecified atom stereocenters. The van der Waals surface area contributed by atoms with Crippen molar-refractivity contribution in [2.45, 2.75) is 32.4 Å². The highest BCUT2D eigenvalue weighted by atomic mass is 35.5. The average Bonchev–Trinajstić information content (AvgIpc) is 2.56. The average molecular weight is 354 g/mol. The maximum atomic E-state index is 12.3. The van der Waals surface area contributed by atoms with Gasteiger partial charge in [0, 0.05) is 24.7 Å². The zero-order valence-corrected chi connectivity index (χ0v) is 15.3. The summed E-state index contributed by atoms with van der Waals surface area (Å²) < 4.78 is 5.44. The summed E-state index contributed by atoms with van der Waals surface area (Å²) in [5.41, 5.74) is 7.12. The third-order valence-corrected chi connectivity index (χ3v) is 4.52. The third-order valence-electron chi connectivity index (χ3n) is 4.27. The van der Waals surface area contributed by atoms with E-state index in [1.807, 2.05) is 24.3 Å². The number of nitrogens with one attached hydrogen (secondary N) is 1. The summed E-state index contributed by atoms with van der Waals surface area (Å²) >= 11 is 6.00. The fourth-order valence-corrected chi connectivity index (χ4v) is 3.10. The first kappa shape index (κ1) is 19.2. The lowest BCUT2D eigenvalue weighted by molar-refractivity contribution is -0.123. The van der Waals surface area contributed by atoms with Crippen LogP contribution in [0.3, 0.4) is 0 Å². The van der Waals surface area contributed by atoms with E-state index in [-0.39, 0.29) is 11.9 Å². The second-order valence-electron chi connectivity index (χ2n) is 6.70. The van der Waals surface area contributed by atoms with Gasteiger partial charge in [-0.25, -0.2) is 0 Å². The van der Waals surface area contributed by atoms with Crippen LogP contribution in [0.2, 0.25) is 5.02 Å². The molecule has 1 fully saturated rings. The van der Waals surface area contributed by atoms with Crippen molar-refractivity contribution in [1.82, 2.24) is 10.2 Å². The molecule has 24 heavy (non-hydrogen) atoms. The van der Waals surface area contributed by atoms with Crippen molar-refractivity contribution in [1.29, 1.82) is 0 Å². The van der Waals surface area contributed by atoms with Gasteiger partial charge in [0.25, 0.3) is 0 Å². The molecule has 1 aliphatic rings. The highest BCUT2D eigenvalue weighted by Gasteiger charge is 2.24. The molecule has 1 aromatic rings. The van der Waals surface area contributed by atoms with Crippen LogP contribution in [-0.4, -0.2) is 49.7 Å². The third kappa shape index (κ3) is 5.74. The Kier molecular flexibility index (Phi) is 7.49. The van der Waals surface area contributed by atoms with Crippen LogP contribution in [0.15, 0.2) is 24.3 Å². The first-order chi connectivity index (χ1) is 11.5. The van der Waals surface area contributed by atoms with E-state index < -0.39 is 6.04 Å². The lowest BCUT2D eigenvalue weighted by Crippen LogP contribution is -2.47. The highest BCUT2D eigenvalue weighted by molar-refractivity contribution is 6.30. The van der Waals surface area contributed by atoms with Crippen LogP contribution in [-0.2, 0) is 9.53 Å². The minimum absolute atomic E-state index is 0.0871. The normalized spacial score (nSPS) is 18.4. The van der Waals surface area contributed by atoms with Crippen molar-refractivity contribution < 1.29 is 9.53 Å². The summed E-state index contributed by atoms with van der Waals surface area (Å²) in [6, 6.07) is 7.44. The SMILES string of the molecule is CC(C)C[C@H](N)C(=O)NCC(c1ccc(Cl)cc1)N1CCOCC1. The van der Waals surface area contributed by atoms with Gasteiger partial charge in [0.15, 0.2) is 0 Å². The van der Waals surface area contributed by atoms with E-state index in [1.165, 1.54) is 0 Å². The van der Waals surface area contributed by atoms with E-state index in [1.54, 1.807) is 0 Å². The molecule has 6 heteroatoms. The molecule has 2 rings (SSSR count). The molecule has 1 heterocycles. The molecule has 0 spiro atoms. The first-order valence-corrected chi connectivity index (χ1v) is 8.95. The topological polar surface area (TPSA) is 67.6 Å². The molecule has 3 N–H and O–H groups in total. The first-order valence-electron chi connectivity index (χ1n) is 8.58. The standard InChI is InChI=1S/C18H28ClN3O2/c1-13(2)11-16(20)18(23)21-12-17(22-7-9-24-10-8-22)14-3-5-15(19)6-4-14/h3-6,13,16-17H,7-12,20H2,1-2H3,(H,21,23)/t16-,17?/m0/s1. The van der Waals surface area contributed by atoms with E-state index in [9.17, 15) is 4.79 Å². The fraction of sp³-hybridized carbons (Fsp3) is 0.611. The predicted molar refractivity (Wildman–Crippen MR) is 97.0 cm³/mol. The zero-order valence-electron chi connectivity index (χ0n) is 14.5. The molecule has 0 bridgehead atoms. The maximum Gasteiger partial charge on any atom is 0.236 e. The van der Waals surface area contributed by atoms with Crippen LogP contribution in [0.1, 0.15) is 31.9 Å². The molecule has 0 aromatic heterocycles. The molecular formula is C18H28ClN3O2. The number of nitrogens with zero attached hydrogens (tertiary/aromatic N) is 1. The molecule has 0 aliphatic carbocycles. The van der Waals surface area contributed by atoms with Crippen LogP contribution in [0.5, 0.6) is 0 Å². The molecule has 1 amide bonds. The molecule has 1 aromatic carbocycles. The Hall–Kier alpha value is -1.14. The van der Waals surface area contributed by atoms with Gasteiger partial charge in [-0.2, -0.15) is 0 Å². The Morgan fingerprint density at radius 3 is 2.50 bits per heavy atom. The minimum atomic E-state index is -0.458. The number of benzene rings is 1. The summed E-state index contributed by atoms with van der Waals surface area (Å²) in [4.78, 5) is 14.6. The smallest absolute Gasteiger partial charge is 0.236 e. The van der Waals surface area contributed by atoms with E-state index in [4.69, 9.17) is 22.1 Å². The lowest BCUT2D eigenvalue weighted by Gasteiger charge is -2.35. The monoisotopic (exact) mass is 353 g/mol. The minimum Gasteiger partial charge on any atom is -0.379 e. The van der Waals surface area contributed by atoms with Gasteiger partial charge < -0.3 is 15.8 Å². The number of amides is 1. The Labute approximate surface area is 149 Å². The molecule has 0 radical (unpaired) electrons. The second kappa shape index (κ2) is 9.37. The van der Waals surface area contributed by atoms with E-state index in [2.05, 4.69) is 24.1 Å². The number of ether oxygens (including phenoxy) is 1. The number of carbonyl (C=O) groups is 1. The van der Waals surface area contributed by atoms with E-state index >= 15 is 0 Å². The quantitative estimate of drug-likeness (QED) is 0.788. The van der Waals surface area contributed by atoms with Crippen LogP contribution in [0, 0.1) is 5.92 Å². The number of hydrogen-bond acceptors (Lipinski definition) is 4. The number of halogens is 1. The van der Waals surface area contributed by atoms with Crippen molar-refractivity contribution in [2.24, 2.45) is 11.7 Å². The molecule has 1 saturated heterocycles. The maximum absolute atomic E-state index is 12.3. The van der Waals surface area contributed by atoms with Gasteiger partial charge in [0.2, 0.25) is 5.91 Å². The van der Waals surface area contributed by atoms with E-state index in [0.29, 0.717) is 37.1 Å². The predicted octanol–water partition coefficient (Wildman–Crippen LogP) is 2.20. The second-order valence-corrected chi connectivity index (χ2v) is 7.13. The van der Waals surface area contributed by atoms with Crippen molar-refractivity contribution in [2.75, 3.05) is 32.8 Å². The van der Waals surface area contributed by atoms with Crippen LogP contribution in [0.25, 0.3) is 0 Å². The van der Waals surface area contributed by atoms with Crippen LogP contribution < -0.4 is 11.1 Å². The summed E-state index contributed by atoms with van der Waals surface area (Å²) in [5, 5.41) is 3.73. The van der Waals surface area contributed by atoms with Gasteiger partial charge in [-0.1, -0.05) is 37.6 Å². The Balaban J connectivity index is 2.02. The number of nitrogens with two attached hydrogens (primary N) is 1. The number of carbonyl (C=O) groups excluding carboxylic acids is 1. The van der Waals surface area contributed by atoms with Crippen LogP contribution >= 0.6 is 11.6 Å². The Morgan fingerprint density at radius 1 is 1.29 bits per heavy atom. The lowest BCUT2D eigenvalue weighted by atomic mass is 10.0. The number of hydrogen-bond donors (Lipinski definition) is 2. The Bertz CT molecular complexity index is 516. The van der Waals surface area contributed by atoms with Gasteiger partial charge >= 0.3 is 0 Å². The molecular weight excluding hydrogens is 326 g/mol.